The van der Waals surface area contributed by atoms with Crippen LogP contribution in [0, 0.1) is 0 Å². The molecule has 1 atom stereocenters. The van der Waals surface area contributed by atoms with Crippen LogP contribution >= 0.6 is 35.0 Å². The molecular weight excluding hydrogens is 401 g/mol. The number of fused-ring (bicyclic) bond motifs is 1. The number of hydrogen-bond acceptors (Lipinski definition) is 4. The Morgan fingerprint density at radius 2 is 1.96 bits per heavy atom. The molecule has 2 aromatic rings. The topological polar surface area (TPSA) is 63.2 Å². The fourth-order valence-corrected chi connectivity index (χ4v) is 4.80. The van der Waals surface area contributed by atoms with Crippen molar-refractivity contribution in [1.29, 1.82) is 0 Å². The van der Waals surface area contributed by atoms with Crippen LogP contribution in [-0.4, -0.2) is 26.3 Å². The van der Waals surface area contributed by atoms with Gasteiger partial charge in [-0.1, -0.05) is 23.2 Å². The molecule has 0 saturated heterocycles. The number of sulfone groups is 1. The number of benzene rings is 2. The quantitative estimate of drug-likeness (QED) is 0.808. The van der Waals surface area contributed by atoms with Gasteiger partial charge in [-0.3, -0.25) is 4.79 Å². The molecule has 0 aliphatic carbocycles. The monoisotopic (exact) mass is 415 g/mol. The third kappa shape index (κ3) is 4.14. The van der Waals surface area contributed by atoms with Crippen molar-refractivity contribution in [3.63, 3.8) is 0 Å². The molecule has 1 heterocycles. The first-order valence-electron chi connectivity index (χ1n) is 7.48. The van der Waals surface area contributed by atoms with Gasteiger partial charge in [-0.05, 0) is 48.4 Å². The zero-order chi connectivity index (χ0) is 18.2. The van der Waals surface area contributed by atoms with Gasteiger partial charge in [0.2, 0.25) is 0 Å². The molecule has 1 aliphatic rings. The maximum Gasteiger partial charge on any atom is 0.253 e. The minimum Gasteiger partial charge on any atom is -0.345 e. The van der Waals surface area contributed by atoms with Crippen molar-refractivity contribution >= 4 is 50.7 Å². The molecular formula is C17H15Cl2NO3S2. The van der Waals surface area contributed by atoms with Crippen molar-refractivity contribution in [3.8, 4) is 0 Å². The van der Waals surface area contributed by atoms with Crippen LogP contribution < -0.4 is 5.32 Å². The third-order valence-corrected chi connectivity index (χ3v) is 6.72. The molecule has 0 spiro atoms. The molecule has 0 aromatic heterocycles. The highest BCUT2D eigenvalue weighted by Crippen LogP contribution is 2.37. The Morgan fingerprint density at radius 3 is 2.68 bits per heavy atom. The van der Waals surface area contributed by atoms with E-state index >= 15 is 0 Å². The summed E-state index contributed by atoms with van der Waals surface area (Å²) in [6.45, 7) is 0. The molecule has 132 valence electrons. The Labute approximate surface area is 160 Å². The molecule has 1 aliphatic heterocycles. The second-order valence-electron chi connectivity index (χ2n) is 5.76. The summed E-state index contributed by atoms with van der Waals surface area (Å²) in [4.78, 5) is 13.8. The van der Waals surface area contributed by atoms with Gasteiger partial charge in [-0.2, -0.15) is 0 Å². The van der Waals surface area contributed by atoms with Crippen molar-refractivity contribution < 1.29 is 13.2 Å². The SMILES string of the molecule is CS(=O)(=O)c1ccc(Cl)c(C(=O)NC2CCSc3ccc(Cl)cc32)c1. The van der Waals surface area contributed by atoms with Crippen molar-refractivity contribution in [1.82, 2.24) is 5.32 Å². The van der Waals surface area contributed by atoms with Crippen LogP contribution in [0.15, 0.2) is 46.2 Å². The zero-order valence-electron chi connectivity index (χ0n) is 13.3. The van der Waals surface area contributed by atoms with Gasteiger partial charge >= 0.3 is 0 Å². The lowest BCUT2D eigenvalue weighted by Gasteiger charge is -2.26. The van der Waals surface area contributed by atoms with Gasteiger partial charge in [0.25, 0.3) is 5.91 Å². The lowest BCUT2D eigenvalue weighted by molar-refractivity contribution is 0.0935. The van der Waals surface area contributed by atoms with Gasteiger partial charge in [-0.15, -0.1) is 11.8 Å². The highest BCUT2D eigenvalue weighted by molar-refractivity contribution is 7.99. The number of nitrogens with one attached hydrogen (secondary N) is 1. The van der Waals surface area contributed by atoms with Crippen molar-refractivity contribution in [2.45, 2.75) is 22.3 Å². The van der Waals surface area contributed by atoms with Gasteiger partial charge in [0.05, 0.1) is 21.5 Å². The Bertz CT molecular complexity index is 945. The first kappa shape index (κ1) is 18.6. The van der Waals surface area contributed by atoms with Crippen LogP contribution in [0.1, 0.15) is 28.4 Å². The number of thioether (sulfide) groups is 1. The van der Waals surface area contributed by atoms with Crippen LogP contribution in [0.2, 0.25) is 10.0 Å². The van der Waals surface area contributed by atoms with Gasteiger partial charge in [0, 0.05) is 21.9 Å². The summed E-state index contributed by atoms with van der Waals surface area (Å²) in [7, 11) is -3.42. The molecule has 4 nitrogen and oxygen atoms in total. The normalized spacial score (nSPS) is 17.0. The summed E-state index contributed by atoms with van der Waals surface area (Å²) in [6.07, 6.45) is 1.85. The first-order valence-corrected chi connectivity index (χ1v) is 11.1. The Balaban J connectivity index is 1.91. The summed E-state index contributed by atoms with van der Waals surface area (Å²) < 4.78 is 23.4. The fraction of sp³-hybridized carbons (Fsp3) is 0.235. The fourth-order valence-electron chi connectivity index (χ4n) is 2.66. The van der Waals surface area contributed by atoms with Crippen LogP contribution in [0.25, 0.3) is 0 Å². The highest BCUT2D eigenvalue weighted by Gasteiger charge is 2.24. The van der Waals surface area contributed by atoms with Crippen LogP contribution in [0.3, 0.4) is 0 Å². The molecule has 8 heteroatoms. The molecule has 0 bridgehead atoms. The summed E-state index contributed by atoms with van der Waals surface area (Å²) in [5.74, 6) is 0.467. The Hall–Kier alpha value is -1.21. The van der Waals surface area contributed by atoms with Crippen LogP contribution in [0.4, 0.5) is 0 Å². The molecule has 2 aromatic carbocycles. The van der Waals surface area contributed by atoms with Crippen molar-refractivity contribution in [2.75, 3.05) is 12.0 Å². The van der Waals surface area contributed by atoms with E-state index < -0.39 is 15.7 Å². The average molecular weight is 416 g/mol. The lowest BCUT2D eigenvalue weighted by Crippen LogP contribution is -2.31. The summed E-state index contributed by atoms with van der Waals surface area (Å²) >= 11 is 13.9. The molecule has 1 amide bonds. The predicted octanol–water partition coefficient (Wildman–Crippen LogP) is 4.36. The summed E-state index contributed by atoms with van der Waals surface area (Å²) in [6, 6.07) is 9.55. The van der Waals surface area contributed by atoms with Crippen molar-refractivity contribution in [2.24, 2.45) is 0 Å². The predicted molar refractivity (Wildman–Crippen MR) is 102 cm³/mol. The largest absolute Gasteiger partial charge is 0.345 e. The molecule has 0 radical (unpaired) electrons. The number of rotatable bonds is 3. The molecule has 0 fully saturated rings. The Kier molecular flexibility index (Phi) is 5.34. The van der Waals surface area contributed by atoms with Gasteiger partial charge in [0.15, 0.2) is 9.84 Å². The van der Waals surface area contributed by atoms with Gasteiger partial charge < -0.3 is 5.32 Å². The van der Waals surface area contributed by atoms with E-state index in [0.717, 1.165) is 28.9 Å². The summed E-state index contributed by atoms with van der Waals surface area (Å²) in [5, 5.41) is 3.77. The van der Waals surface area contributed by atoms with Gasteiger partial charge in [0.1, 0.15) is 0 Å². The average Bonchev–Trinajstić information content (AvgIpc) is 2.54. The molecule has 0 saturated carbocycles. The molecule has 1 unspecified atom stereocenters. The van der Waals surface area contributed by atoms with E-state index in [2.05, 4.69) is 5.32 Å². The second-order valence-corrected chi connectivity index (χ2v) is 9.76. The third-order valence-electron chi connectivity index (χ3n) is 3.93. The lowest BCUT2D eigenvalue weighted by atomic mass is 10.0. The van der Waals surface area contributed by atoms with E-state index in [1.54, 1.807) is 11.8 Å². The van der Waals surface area contributed by atoms with Crippen LogP contribution in [0.5, 0.6) is 0 Å². The zero-order valence-corrected chi connectivity index (χ0v) is 16.4. The first-order chi connectivity index (χ1) is 11.8. The van der Waals surface area contributed by atoms with E-state index in [9.17, 15) is 13.2 Å². The Morgan fingerprint density at radius 1 is 1.20 bits per heavy atom. The number of halogens is 2. The maximum atomic E-state index is 12.7. The number of carbonyl (C=O) groups excluding carboxylic acids is 1. The summed E-state index contributed by atoms with van der Waals surface area (Å²) in [5.41, 5.74) is 1.11. The smallest absolute Gasteiger partial charge is 0.253 e. The highest BCUT2D eigenvalue weighted by atomic mass is 35.5. The molecule has 3 rings (SSSR count). The second kappa shape index (κ2) is 7.19. The van der Waals surface area contributed by atoms with Crippen LogP contribution in [-0.2, 0) is 9.84 Å². The number of amides is 1. The standard InChI is InChI=1S/C17H15Cl2NO3S2/c1-25(22,23)11-3-4-14(19)12(9-11)17(21)20-15-6-7-24-16-5-2-10(18)8-13(15)16/h2-5,8-9,15H,6-7H2,1H3,(H,20,21). The minimum absolute atomic E-state index is 0.0599. The number of carbonyl (C=O) groups is 1. The molecule has 25 heavy (non-hydrogen) atoms. The molecule has 1 N–H and O–H groups in total. The van der Waals surface area contributed by atoms with Crippen molar-refractivity contribution in [3.05, 3.63) is 57.6 Å². The van der Waals surface area contributed by atoms with E-state index in [1.165, 1.54) is 18.2 Å². The van der Waals surface area contributed by atoms with E-state index in [1.807, 2.05) is 18.2 Å². The van der Waals surface area contributed by atoms with E-state index in [4.69, 9.17) is 23.2 Å². The van der Waals surface area contributed by atoms with E-state index in [-0.39, 0.29) is 21.5 Å². The number of hydrogen-bond donors (Lipinski definition) is 1. The van der Waals surface area contributed by atoms with E-state index in [0.29, 0.717) is 5.02 Å². The maximum absolute atomic E-state index is 12.7. The van der Waals surface area contributed by atoms with Gasteiger partial charge in [-0.25, -0.2) is 8.42 Å². The minimum atomic E-state index is -3.42.